The molecule has 2 amide bonds. The highest BCUT2D eigenvalue weighted by atomic mass is 16.5. The largest absolute Gasteiger partial charge is 0.452 e. The van der Waals surface area contributed by atoms with Gasteiger partial charge in [0.2, 0.25) is 5.91 Å². The fourth-order valence-corrected chi connectivity index (χ4v) is 3.90. The number of carbonyl (C=O) groups is 3. The lowest BCUT2D eigenvalue weighted by atomic mass is 10.1. The predicted molar refractivity (Wildman–Crippen MR) is 142 cm³/mol. The van der Waals surface area contributed by atoms with Crippen molar-refractivity contribution in [3.8, 4) is 0 Å². The number of aryl methyl sites for hydroxylation is 2. The van der Waals surface area contributed by atoms with E-state index in [0.717, 1.165) is 30.4 Å². The Labute approximate surface area is 209 Å². The minimum absolute atomic E-state index is 0.0636. The number of carbonyl (C=O) groups excluding carboxylic acids is 3. The average Bonchev–Trinajstić information content (AvgIpc) is 2.83. The molecule has 6 nitrogen and oxygen atoms in total. The molecule has 2 N–H and O–H groups in total. The highest BCUT2D eigenvalue weighted by Gasteiger charge is 2.12. The summed E-state index contributed by atoms with van der Waals surface area (Å²) in [6.45, 7) is 5.72. The van der Waals surface area contributed by atoms with Gasteiger partial charge in [0.1, 0.15) is 0 Å². The topological polar surface area (TPSA) is 84.5 Å². The summed E-state index contributed by atoms with van der Waals surface area (Å²) >= 11 is 0. The number of hydrogen-bond acceptors (Lipinski definition) is 4. The zero-order chi connectivity index (χ0) is 25.5. The third-order valence-corrected chi connectivity index (χ3v) is 5.88. The van der Waals surface area contributed by atoms with Crippen molar-refractivity contribution in [1.29, 1.82) is 0 Å². The number of esters is 1. The monoisotopic (exact) mass is 480 g/mol. The number of unbranched alkanes of at least 4 members (excludes halogenated alkanes) is 8. The van der Waals surface area contributed by atoms with Crippen LogP contribution in [-0.2, 0) is 14.3 Å². The molecule has 0 unspecified atom stereocenters. The van der Waals surface area contributed by atoms with E-state index in [1.807, 2.05) is 32.0 Å². The van der Waals surface area contributed by atoms with Gasteiger partial charge in [0.05, 0.1) is 5.56 Å². The van der Waals surface area contributed by atoms with Crippen LogP contribution in [0.2, 0.25) is 0 Å². The summed E-state index contributed by atoms with van der Waals surface area (Å²) in [6.07, 6.45) is 11.3. The summed E-state index contributed by atoms with van der Waals surface area (Å²) in [7, 11) is 0. The molecule has 0 fully saturated rings. The quantitative estimate of drug-likeness (QED) is 0.213. The number of anilines is 2. The second-order valence-corrected chi connectivity index (χ2v) is 9.15. The molecule has 0 aliphatic heterocycles. The Morgan fingerprint density at radius 2 is 1.46 bits per heavy atom. The Bertz CT molecular complexity index is 971. The van der Waals surface area contributed by atoms with Crippen LogP contribution in [0.4, 0.5) is 11.4 Å². The summed E-state index contributed by atoms with van der Waals surface area (Å²) in [5.41, 5.74) is 3.56. The van der Waals surface area contributed by atoms with Gasteiger partial charge in [-0.15, -0.1) is 0 Å². The molecule has 0 aliphatic carbocycles. The second kappa shape index (κ2) is 15.7. The summed E-state index contributed by atoms with van der Waals surface area (Å²) in [5.74, 6) is -1.09. The van der Waals surface area contributed by atoms with Crippen LogP contribution >= 0.6 is 0 Å². The lowest BCUT2D eigenvalue weighted by Crippen LogP contribution is -2.21. The summed E-state index contributed by atoms with van der Waals surface area (Å²) in [5, 5.41) is 5.60. The fraction of sp³-hybridized carbons (Fsp3) is 0.483. The second-order valence-electron chi connectivity index (χ2n) is 9.15. The molecule has 0 saturated heterocycles. The van der Waals surface area contributed by atoms with Gasteiger partial charge in [-0.1, -0.05) is 82.1 Å². The molecule has 2 rings (SSSR count). The zero-order valence-corrected chi connectivity index (χ0v) is 21.5. The molecule has 0 heterocycles. The van der Waals surface area contributed by atoms with Crippen molar-refractivity contribution < 1.29 is 19.1 Å². The Morgan fingerprint density at radius 1 is 0.771 bits per heavy atom. The molecule has 0 aliphatic rings. The van der Waals surface area contributed by atoms with Gasteiger partial charge < -0.3 is 15.4 Å². The van der Waals surface area contributed by atoms with Gasteiger partial charge >= 0.3 is 5.97 Å². The number of hydrogen-bond donors (Lipinski definition) is 2. The van der Waals surface area contributed by atoms with Crippen molar-refractivity contribution in [2.75, 3.05) is 17.2 Å². The molecule has 0 spiro atoms. The maximum atomic E-state index is 12.4. The lowest BCUT2D eigenvalue weighted by molar-refractivity contribution is -0.119. The molecule has 0 saturated carbocycles. The van der Waals surface area contributed by atoms with E-state index in [9.17, 15) is 14.4 Å². The van der Waals surface area contributed by atoms with Crippen molar-refractivity contribution >= 4 is 29.2 Å². The molecule has 0 bridgehead atoms. The number of ether oxygens (including phenoxy) is 1. The Kier molecular flexibility index (Phi) is 12.6. The fourth-order valence-electron chi connectivity index (χ4n) is 3.90. The minimum atomic E-state index is -0.615. The highest BCUT2D eigenvalue weighted by molar-refractivity contribution is 5.97. The molecule has 0 radical (unpaired) electrons. The molecule has 2 aromatic carbocycles. The summed E-state index contributed by atoms with van der Waals surface area (Å²) in [6, 6.07) is 12.3. The number of nitrogens with one attached hydrogen (secondary N) is 2. The predicted octanol–water partition coefficient (Wildman–Crippen LogP) is 6.96. The van der Waals surface area contributed by atoms with Gasteiger partial charge in [0.25, 0.3) is 5.91 Å². The maximum absolute atomic E-state index is 12.4. The van der Waals surface area contributed by atoms with Crippen LogP contribution in [0.5, 0.6) is 0 Å². The molecule has 0 aromatic heterocycles. The molecule has 35 heavy (non-hydrogen) atoms. The van der Waals surface area contributed by atoms with E-state index in [-0.39, 0.29) is 18.1 Å². The van der Waals surface area contributed by atoms with Gasteiger partial charge in [-0.3, -0.25) is 9.59 Å². The molecule has 6 heteroatoms. The van der Waals surface area contributed by atoms with Crippen molar-refractivity contribution in [3.63, 3.8) is 0 Å². The zero-order valence-electron chi connectivity index (χ0n) is 21.5. The van der Waals surface area contributed by atoms with Crippen LogP contribution in [0.3, 0.4) is 0 Å². The Balaban J connectivity index is 1.69. The first kappa shape index (κ1) is 28.1. The van der Waals surface area contributed by atoms with Crippen molar-refractivity contribution in [2.45, 2.75) is 85.0 Å². The van der Waals surface area contributed by atoms with Crippen LogP contribution in [-0.4, -0.2) is 24.4 Å². The Morgan fingerprint density at radius 3 is 2.14 bits per heavy atom. The minimum Gasteiger partial charge on any atom is -0.452 e. The van der Waals surface area contributed by atoms with Crippen LogP contribution in [0.15, 0.2) is 42.5 Å². The van der Waals surface area contributed by atoms with E-state index in [0.29, 0.717) is 17.8 Å². The molecule has 2 aromatic rings. The van der Waals surface area contributed by atoms with Crippen LogP contribution in [0.25, 0.3) is 0 Å². The average molecular weight is 481 g/mol. The third kappa shape index (κ3) is 11.2. The first-order chi connectivity index (χ1) is 16.9. The van der Waals surface area contributed by atoms with Gasteiger partial charge in [-0.2, -0.15) is 0 Å². The van der Waals surface area contributed by atoms with Crippen LogP contribution in [0.1, 0.15) is 92.6 Å². The molecule has 0 atom stereocenters. The first-order valence-corrected chi connectivity index (χ1v) is 12.8. The number of rotatable bonds is 15. The smallest absolute Gasteiger partial charge is 0.338 e. The molecule has 190 valence electrons. The number of benzene rings is 2. The first-order valence-electron chi connectivity index (χ1n) is 12.8. The van der Waals surface area contributed by atoms with Gasteiger partial charge in [-0.25, -0.2) is 4.79 Å². The molecular formula is C29H40N2O4. The van der Waals surface area contributed by atoms with E-state index in [4.69, 9.17) is 4.74 Å². The SMILES string of the molecule is CCCCCCCCCCCC(=O)Nc1cccc(C(=O)OCC(=O)Nc2ccc(C)cc2C)c1. The maximum Gasteiger partial charge on any atom is 0.338 e. The van der Waals surface area contributed by atoms with E-state index < -0.39 is 11.9 Å². The van der Waals surface area contributed by atoms with Crippen molar-refractivity contribution in [3.05, 3.63) is 59.2 Å². The van der Waals surface area contributed by atoms with Gasteiger partial charge in [0.15, 0.2) is 6.61 Å². The van der Waals surface area contributed by atoms with Gasteiger partial charge in [0, 0.05) is 17.8 Å². The van der Waals surface area contributed by atoms with Crippen LogP contribution in [0, 0.1) is 13.8 Å². The van der Waals surface area contributed by atoms with E-state index in [1.54, 1.807) is 24.3 Å². The van der Waals surface area contributed by atoms with E-state index in [1.165, 1.54) is 38.5 Å². The number of amides is 2. The van der Waals surface area contributed by atoms with E-state index in [2.05, 4.69) is 17.6 Å². The normalized spacial score (nSPS) is 10.6. The van der Waals surface area contributed by atoms with E-state index >= 15 is 0 Å². The summed E-state index contributed by atoms with van der Waals surface area (Å²) in [4.78, 5) is 36.8. The Hall–Kier alpha value is -3.15. The third-order valence-electron chi connectivity index (χ3n) is 5.88. The van der Waals surface area contributed by atoms with Crippen molar-refractivity contribution in [2.24, 2.45) is 0 Å². The summed E-state index contributed by atoms with van der Waals surface area (Å²) < 4.78 is 5.16. The highest BCUT2D eigenvalue weighted by Crippen LogP contribution is 2.17. The van der Waals surface area contributed by atoms with Gasteiger partial charge in [-0.05, 0) is 50.1 Å². The standard InChI is InChI=1S/C29H40N2O4/c1-4-5-6-7-8-9-10-11-12-16-27(32)30-25-15-13-14-24(20-25)29(34)35-21-28(33)31-26-18-17-22(2)19-23(26)3/h13-15,17-20H,4-12,16,21H2,1-3H3,(H,30,32)(H,31,33). The lowest BCUT2D eigenvalue weighted by Gasteiger charge is -2.10. The molecular weight excluding hydrogens is 440 g/mol. The van der Waals surface area contributed by atoms with Crippen molar-refractivity contribution in [1.82, 2.24) is 0 Å². The van der Waals surface area contributed by atoms with Crippen LogP contribution < -0.4 is 10.6 Å².